The molecule has 2 aromatic carbocycles. The van der Waals surface area contributed by atoms with Gasteiger partial charge in [0, 0.05) is 6.42 Å². The summed E-state index contributed by atoms with van der Waals surface area (Å²) in [5, 5.41) is 0. The van der Waals surface area contributed by atoms with Crippen LogP contribution in [0, 0.1) is 0 Å². The van der Waals surface area contributed by atoms with Gasteiger partial charge in [-0.2, -0.15) is 0 Å². The topological polar surface area (TPSA) is 9.23 Å². The molecule has 0 aromatic heterocycles. The van der Waals surface area contributed by atoms with E-state index in [2.05, 4.69) is 12.1 Å². The van der Waals surface area contributed by atoms with Crippen molar-refractivity contribution in [2.24, 2.45) is 0 Å². The van der Waals surface area contributed by atoms with Crippen LogP contribution in [0.15, 0.2) is 54.6 Å². The number of para-hydroxylation sites is 1. The normalized spacial score (nSPS) is 11.3. The highest BCUT2D eigenvalue weighted by Gasteiger charge is 2.19. The minimum Gasteiger partial charge on any atom is -0.493 e. The van der Waals surface area contributed by atoms with Crippen LogP contribution in [0.1, 0.15) is 25.0 Å². The van der Waals surface area contributed by atoms with Crippen molar-refractivity contribution in [2.45, 2.75) is 25.1 Å². The lowest BCUT2D eigenvalue weighted by Crippen LogP contribution is -2.13. The van der Waals surface area contributed by atoms with E-state index in [1.807, 2.05) is 56.3 Å². The van der Waals surface area contributed by atoms with Gasteiger partial charge in [-0.1, -0.05) is 42.5 Å². The molecule has 0 fully saturated rings. The smallest absolute Gasteiger partial charge is 0.119 e. The van der Waals surface area contributed by atoms with Crippen molar-refractivity contribution < 1.29 is 4.74 Å². The Labute approximate surface area is 120 Å². The van der Waals surface area contributed by atoms with E-state index < -0.39 is 0 Å². The summed E-state index contributed by atoms with van der Waals surface area (Å²) in [7, 11) is 0. The number of hydrogen-bond donors (Lipinski definition) is 0. The molecular formula is C17H19ClO. The molecule has 0 aliphatic heterocycles. The standard InChI is InChI=1S/C17H19ClO/c1-17(2,18)16-11-7-6-8-14(16)12-13-19-15-9-4-3-5-10-15/h3-11H,12-13H2,1-2H3. The van der Waals surface area contributed by atoms with Crippen molar-refractivity contribution in [1.29, 1.82) is 0 Å². The molecule has 2 heteroatoms. The number of ether oxygens (including phenoxy) is 1. The predicted molar refractivity (Wildman–Crippen MR) is 81.0 cm³/mol. The zero-order chi connectivity index (χ0) is 13.7. The lowest BCUT2D eigenvalue weighted by atomic mass is 9.95. The molecule has 2 aromatic rings. The highest BCUT2D eigenvalue weighted by Crippen LogP contribution is 2.30. The summed E-state index contributed by atoms with van der Waals surface area (Å²) in [5.74, 6) is 0.908. The molecule has 0 unspecified atom stereocenters. The van der Waals surface area contributed by atoms with Gasteiger partial charge in [-0.15, -0.1) is 11.6 Å². The summed E-state index contributed by atoms with van der Waals surface area (Å²) in [6.45, 7) is 4.70. The number of rotatable bonds is 5. The van der Waals surface area contributed by atoms with Crippen LogP contribution in [0.3, 0.4) is 0 Å². The average Bonchev–Trinajstić information content (AvgIpc) is 2.39. The first-order valence-electron chi connectivity index (χ1n) is 6.52. The molecule has 0 amide bonds. The molecule has 0 bridgehead atoms. The van der Waals surface area contributed by atoms with Crippen LogP contribution in [0.25, 0.3) is 0 Å². The van der Waals surface area contributed by atoms with Gasteiger partial charge in [-0.05, 0) is 37.1 Å². The summed E-state index contributed by atoms with van der Waals surface area (Å²) >= 11 is 6.42. The quantitative estimate of drug-likeness (QED) is 0.713. The molecule has 0 radical (unpaired) electrons. The molecule has 0 saturated carbocycles. The Hall–Kier alpha value is -1.47. The second-order valence-corrected chi connectivity index (χ2v) is 5.99. The molecule has 2 rings (SSSR count). The Kier molecular flexibility index (Phi) is 4.49. The summed E-state index contributed by atoms with van der Waals surface area (Å²) in [6, 6.07) is 18.2. The lowest BCUT2D eigenvalue weighted by Gasteiger charge is -2.20. The van der Waals surface area contributed by atoms with E-state index in [1.165, 1.54) is 11.1 Å². The van der Waals surface area contributed by atoms with E-state index in [0.29, 0.717) is 6.61 Å². The van der Waals surface area contributed by atoms with Crippen molar-refractivity contribution in [3.63, 3.8) is 0 Å². The average molecular weight is 275 g/mol. The van der Waals surface area contributed by atoms with Gasteiger partial charge >= 0.3 is 0 Å². The van der Waals surface area contributed by atoms with Crippen LogP contribution in [0.4, 0.5) is 0 Å². The molecular weight excluding hydrogens is 256 g/mol. The summed E-state index contributed by atoms with van der Waals surface area (Å²) in [6.07, 6.45) is 0.862. The minimum atomic E-state index is -0.344. The third-order valence-corrected chi connectivity index (χ3v) is 3.24. The Balaban J connectivity index is 2.00. The van der Waals surface area contributed by atoms with E-state index in [9.17, 15) is 0 Å². The third-order valence-electron chi connectivity index (χ3n) is 3.04. The lowest BCUT2D eigenvalue weighted by molar-refractivity contribution is 0.321. The third kappa shape index (κ3) is 4.00. The molecule has 0 heterocycles. The van der Waals surface area contributed by atoms with Crippen LogP contribution in [0.2, 0.25) is 0 Å². The molecule has 0 spiro atoms. The summed E-state index contributed by atoms with van der Waals surface area (Å²) in [4.78, 5) is -0.344. The Bertz CT molecular complexity index is 514. The molecule has 100 valence electrons. The molecule has 1 nitrogen and oxygen atoms in total. The first-order valence-corrected chi connectivity index (χ1v) is 6.90. The molecule has 0 saturated heterocycles. The minimum absolute atomic E-state index is 0.344. The van der Waals surface area contributed by atoms with Gasteiger partial charge < -0.3 is 4.74 Å². The van der Waals surface area contributed by atoms with Crippen molar-refractivity contribution in [3.8, 4) is 5.75 Å². The Morgan fingerprint density at radius 3 is 2.26 bits per heavy atom. The van der Waals surface area contributed by atoms with Crippen LogP contribution in [0.5, 0.6) is 5.75 Å². The second kappa shape index (κ2) is 6.12. The molecule has 0 N–H and O–H groups in total. The van der Waals surface area contributed by atoms with Crippen molar-refractivity contribution >= 4 is 11.6 Å². The van der Waals surface area contributed by atoms with Crippen LogP contribution in [-0.2, 0) is 11.3 Å². The number of hydrogen-bond acceptors (Lipinski definition) is 1. The summed E-state index contributed by atoms with van der Waals surface area (Å²) < 4.78 is 5.73. The van der Waals surface area contributed by atoms with E-state index in [4.69, 9.17) is 16.3 Å². The van der Waals surface area contributed by atoms with Gasteiger partial charge in [-0.3, -0.25) is 0 Å². The van der Waals surface area contributed by atoms with E-state index in [1.54, 1.807) is 0 Å². The molecule has 0 aliphatic rings. The number of benzene rings is 2. The maximum Gasteiger partial charge on any atom is 0.119 e. The van der Waals surface area contributed by atoms with Gasteiger partial charge in [-0.25, -0.2) is 0 Å². The molecule has 19 heavy (non-hydrogen) atoms. The zero-order valence-electron chi connectivity index (χ0n) is 11.4. The second-order valence-electron chi connectivity index (χ2n) is 5.04. The maximum absolute atomic E-state index is 6.42. The van der Waals surface area contributed by atoms with E-state index >= 15 is 0 Å². The van der Waals surface area contributed by atoms with Crippen molar-refractivity contribution in [1.82, 2.24) is 0 Å². The fourth-order valence-corrected chi connectivity index (χ4v) is 2.30. The first-order chi connectivity index (χ1) is 9.07. The highest BCUT2D eigenvalue weighted by molar-refractivity contribution is 6.23. The van der Waals surface area contributed by atoms with Gasteiger partial charge in [0.2, 0.25) is 0 Å². The van der Waals surface area contributed by atoms with E-state index in [0.717, 1.165) is 12.2 Å². The molecule has 0 atom stereocenters. The first kappa shape index (κ1) is 14.0. The van der Waals surface area contributed by atoms with Crippen LogP contribution >= 0.6 is 11.6 Å². The zero-order valence-corrected chi connectivity index (χ0v) is 12.2. The SMILES string of the molecule is CC(C)(Cl)c1ccccc1CCOc1ccccc1. The largest absolute Gasteiger partial charge is 0.493 e. The van der Waals surface area contributed by atoms with Gasteiger partial charge in [0.15, 0.2) is 0 Å². The fraction of sp³-hybridized carbons (Fsp3) is 0.294. The van der Waals surface area contributed by atoms with Crippen LogP contribution < -0.4 is 4.74 Å². The number of alkyl halides is 1. The molecule has 0 aliphatic carbocycles. The maximum atomic E-state index is 6.42. The van der Waals surface area contributed by atoms with Gasteiger partial charge in [0.1, 0.15) is 5.75 Å². The van der Waals surface area contributed by atoms with Crippen molar-refractivity contribution in [2.75, 3.05) is 6.61 Å². The monoisotopic (exact) mass is 274 g/mol. The van der Waals surface area contributed by atoms with Gasteiger partial charge in [0.05, 0.1) is 11.5 Å². The van der Waals surface area contributed by atoms with Gasteiger partial charge in [0.25, 0.3) is 0 Å². The predicted octanol–water partition coefficient (Wildman–Crippen LogP) is 4.78. The fourth-order valence-electron chi connectivity index (χ4n) is 2.11. The van der Waals surface area contributed by atoms with Crippen molar-refractivity contribution in [3.05, 3.63) is 65.7 Å². The number of halogens is 1. The summed E-state index contributed by atoms with van der Waals surface area (Å²) in [5.41, 5.74) is 2.42. The Morgan fingerprint density at radius 1 is 0.947 bits per heavy atom. The highest BCUT2D eigenvalue weighted by atomic mass is 35.5. The van der Waals surface area contributed by atoms with Crippen LogP contribution in [-0.4, -0.2) is 6.61 Å². The van der Waals surface area contributed by atoms with E-state index in [-0.39, 0.29) is 4.87 Å². The Morgan fingerprint density at radius 2 is 1.58 bits per heavy atom.